The minimum Gasteiger partial charge on any atom is -0.395 e. The van der Waals surface area contributed by atoms with Crippen LogP contribution in [0.15, 0.2) is 59.9 Å². The van der Waals surface area contributed by atoms with E-state index in [0.717, 1.165) is 32.0 Å². The summed E-state index contributed by atoms with van der Waals surface area (Å²) in [5, 5.41) is 12.7. The van der Waals surface area contributed by atoms with Crippen molar-refractivity contribution < 1.29 is 9.90 Å². The van der Waals surface area contributed by atoms with Crippen LogP contribution < -0.4 is 21.5 Å². The van der Waals surface area contributed by atoms with Crippen molar-refractivity contribution in [1.29, 1.82) is 0 Å². The second-order valence-electron chi connectivity index (χ2n) is 10.9. The van der Waals surface area contributed by atoms with E-state index in [9.17, 15) is 14.7 Å². The van der Waals surface area contributed by atoms with Crippen molar-refractivity contribution in [2.24, 2.45) is 7.05 Å². The molecule has 0 atom stereocenters. The molecule has 1 aliphatic heterocycles. The number of nitrogens with two attached hydrogens (primary N) is 1. The number of piperazine rings is 1. The fourth-order valence-electron chi connectivity index (χ4n) is 5.37. The van der Waals surface area contributed by atoms with E-state index in [1.807, 2.05) is 0 Å². The lowest BCUT2D eigenvalue weighted by Crippen LogP contribution is -2.47. The Balaban J connectivity index is 1.21. The number of aliphatic hydroxyl groups excluding tert-OH is 1. The van der Waals surface area contributed by atoms with Crippen LogP contribution in [0.2, 0.25) is 10.0 Å². The van der Waals surface area contributed by atoms with Crippen molar-refractivity contribution in [2.45, 2.75) is 6.92 Å². The van der Waals surface area contributed by atoms with Crippen LogP contribution >= 0.6 is 23.2 Å². The number of benzene rings is 1. The number of hydrogen-bond acceptors (Lipinski definition) is 11. The lowest BCUT2D eigenvalue weighted by molar-refractivity contribution is 0.102. The molecular weight excluding hydrogens is 645 g/mol. The first-order valence-corrected chi connectivity index (χ1v) is 15.4. The van der Waals surface area contributed by atoms with Gasteiger partial charge >= 0.3 is 0 Å². The molecule has 0 unspecified atom stereocenters. The molecule has 16 heteroatoms. The molecule has 0 bridgehead atoms. The molecule has 1 saturated heterocycles. The van der Waals surface area contributed by atoms with E-state index in [0.29, 0.717) is 56.4 Å². The fraction of sp³-hybridized carbons (Fsp3) is 0.258. The van der Waals surface area contributed by atoms with E-state index in [1.54, 1.807) is 61.4 Å². The molecule has 1 aliphatic rings. The molecule has 5 heterocycles. The second kappa shape index (κ2) is 13.5. The van der Waals surface area contributed by atoms with E-state index in [1.165, 1.54) is 17.1 Å². The summed E-state index contributed by atoms with van der Waals surface area (Å²) in [6, 6.07) is 8.04. The number of nitrogen functional groups attached to an aromatic ring is 1. The zero-order valence-electron chi connectivity index (χ0n) is 25.6. The Hall–Kier alpha value is -4.89. The van der Waals surface area contributed by atoms with Gasteiger partial charge in [-0.1, -0.05) is 23.2 Å². The van der Waals surface area contributed by atoms with Gasteiger partial charge in [-0.3, -0.25) is 29.1 Å². The number of hydrogen-bond donors (Lipinski definition) is 3. The first-order chi connectivity index (χ1) is 22.6. The maximum Gasteiger partial charge on any atom is 0.284 e. The van der Waals surface area contributed by atoms with Crippen LogP contribution in [-0.2, 0) is 7.05 Å². The van der Waals surface area contributed by atoms with Crippen molar-refractivity contribution in [3.8, 4) is 28.5 Å². The number of β-amino-alcohol motifs (C(OH)–C–C–N with tert-alkyl or cyclic N) is 1. The summed E-state index contributed by atoms with van der Waals surface area (Å²) in [6.45, 7) is 5.62. The van der Waals surface area contributed by atoms with Crippen molar-refractivity contribution in [1.82, 2.24) is 39.2 Å². The normalized spacial score (nSPS) is 13.6. The molecule has 0 spiro atoms. The van der Waals surface area contributed by atoms with Gasteiger partial charge in [-0.05, 0) is 37.3 Å². The second-order valence-corrected chi connectivity index (χ2v) is 11.7. The summed E-state index contributed by atoms with van der Waals surface area (Å²) >= 11 is 12.5. The number of nitrogens with one attached hydrogen (secondary N) is 1. The quantitative estimate of drug-likeness (QED) is 0.221. The molecule has 242 valence electrons. The number of rotatable bonds is 8. The number of anilines is 3. The van der Waals surface area contributed by atoms with Gasteiger partial charge < -0.3 is 21.1 Å². The average Bonchev–Trinajstić information content (AvgIpc) is 3.30. The van der Waals surface area contributed by atoms with E-state index >= 15 is 0 Å². The Morgan fingerprint density at radius 3 is 2.47 bits per heavy atom. The van der Waals surface area contributed by atoms with Gasteiger partial charge in [0.15, 0.2) is 5.82 Å². The largest absolute Gasteiger partial charge is 0.395 e. The van der Waals surface area contributed by atoms with Crippen molar-refractivity contribution in [3.05, 3.63) is 86.8 Å². The molecule has 0 saturated carbocycles. The smallest absolute Gasteiger partial charge is 0.284 e. The highest BCUT2D eigenvalue weighted by molar-refractivity contribution is 6.34. The van der Waals surface area contributed by atoms with Gasteiger partial charge in [0, 0.05) is 44.8 Å². The molecule has 14 nitrogen and oxygen atoms in total. The van der Waals surface area contributed by atoms with Gasteiger partial charge in [0.05, 0.1) is 59.2 Å². The highest BCUT2D eigenvalue weighted by Gasteiger charge is 2.24. The first kappa shape index (κ1) is 32.1. The van der Waals surface area contributed by atoms with Crippen molar-refractivity contribution in [3.63, 3.8) is 0 Å². The summed E-state index contributed by atoms with van der Waals surface area (Å²) in [6.07, 6.45) is 6.31. The Kier molecular flexibility index (Phi) is 9.18. The summed E-state index contributed by atoms with van der Waals surface area (Å²) in [7, 11) is 1.66. The van der Waals surface area contributed by atoms with Gasteiger partial charge in [-0.2, -0.15) is 0 Å². The summed E-state index contributed by atoms with van der Waals surface area (Å²) in [5.41, 5.74) is 8.50. The zero-order valence-corrected chi connectivity index (χ0v) is 27.1. The average molecular weight is 677 g/mol. The van der Waals surface area contributed by atoms with Crippen LogP contribution in [0.4, 0.5) is 17.3 Å². The van der Waals surface area contributed by atoms with Gasteiger partial charge in [0.25, 0.3) is 11.5 Å². The molecular formula is C31H31Cl2N11O3. The van der Waals surface area contributed by atoms with Crippen LogP contribution in [0.25, 0.3) is 28.5 Å². The van der Waals surface area contributed by atoms with Crippen LogP contribution in [0.3, 0.4) is 0 Å². The van der Waals surface area contributed by atoms with E-state index in [-0.39, 0.29) is 18.0 Å². The molecule has 4 aromatic heterocycles. The number of carbonyl (C=O) groups excluding carboxylic acids is 1. The Labute approximate surface area is 279 Å². The van der Waals surface area contributed by atoms with Crippen LogP contribution in [0.1, 0.15) is 16.1 Å². The Bertz CT molecular complexity index is 2010. The molecule has 1 amide bonds. The number of halogens is 2. The molecule has 1 aromatic carbocycles. The summed E-state index contributed by atoms with van der Waals surface area (Å²) in [5.74, 6) is 0.284. The molecule has 5 aromatic rings. The predicted molar refractivity (Wildman–Crippen MR) is 180 cm³/mol. The number of aromatic nitrogens is 7. The highest BCUT2D eigenvalue weighted by Crippen LogP contribution is 2.27. The highest BCUT2D eigenvalue weighted by atomic mass is 35.5. The summed E-state index contributed by atoms with van der Waals surface area (Å²) in [4.78, 5) is 53.7. The van der Waals surface area contributed by atoms with Crippen LogP contribution in [0, 0.1) is 6.92 Å². The first-order valence-electron chi connectivity index (χ1n) is 14.7. The molecule has 0 radical (unpaired) electrons. The monoisotopic (exact) mass is 675 g/mol. The lowest BCUT2D eigenvalue weighted by Gasteiger charge is -2.34. The number of aliphatic hydroxyl groups is 1. The molecule has 1 fully saturated rings. The number of nitrogens with zero attached hydrogens (tertiary/aromatic N) is 9. The van der Waals surface area contributed by atoms with E-state index in [4.69, 9.17) is 33.9 Å². The number of carbonyl (C=O) groups is 1. The molecule has 4 N–H and O–H groups in total. The number of amides is 1. The van der Waals surface area contributed by atoms with Crippen LogP contribution in [0.5, 0.6) is 0 Å². The molecule has 6 rings (SSSR count). The minimum absolute atomic E-state index is 0.0502. The topological polar surface area (TPSA) is 173 Å². The third-order valence-electron chi connectivity index (χ3n) is 7.98. The Morgan fingerprint density at radius 2 is 1.74 bits per heavy atom. The van der Waals surface area contributed by atoms with Crippen molar-refractivity contribution >= 4 is 46.4 Å². The van der Waals surface area contributed by atoms with Crippen LogP contribution in [-0.4, -0.2) is 89.5 Å². The standard InChI is InChI=1S/C31H31Cl2N11O3/c1-18-27(31(47)44(41(18)2)25-13-19(32)3-5-21(25)33)30(46)38-20-4-6-22(36-14-20)28-29(34)37-16-24(40-28)23-15-35-17-26(39-23)43-9-7-42(8-10-43)11-12-45/h3-6,13-17,45H,7-12H2,1-2H3,(H2,34,37)(H,38,46). The molecule has 0 aliphatic carbocycles. The summed E-state index contributed by atoms with van der Waals surface area (Å²) < 4.78 is 2.84. The van der Waals surface area contributed by atoms with E-state index in [2.05, 4.69) is 35.1 Å². The van der Waals surface area contributed by atoms with Gasteiger partial charge in [-0.25, -0.2) is 19.6 Å². The third-order valence-corrected chi connectivity index (χ3v) is 8.53. The maximum absolute atomic E-state index is 13.4. The fourth-order valence-corrected chi connectivity index (χ4v) is 5.74. The van der Waals surface area contributed by atoms with Crippen molar-refractivity contribution in [2.75, 3.05) is 55.3 Å². The van der Waals surface area contributed by atoms with Gasteiger partial charge in [0.2, 0.25) is 0 Å². The van der Waals surface area contributed by atoms with E-state index < -0.39 is 11.5 Å². The minimum atomic E-state index is -0.607. The lowest BCUT2D eigenvalue weighted by atomic mass is 10.2. The van der Waals surface area contributed by atoms with Gasteiger partial charge in [0.1, 0.15) is 28.5 Å². The zero-order chi connectivity index (χ0) is 33.2. The third kappa shape index (κ3) is 6.53. The SMILES string of the molecule is Cc1c(C(=O)Nc2ccc(-c3nc(-c4cncc(N5CCN(CCO)CC5)n4)cnc3N)nc2)c(=O)n(-c2cc(Cl)ccc2Cl)n1C. The maximum atomic E-state index is 13.4. The predicted octanol–water partition coefficient (Wildman–Crippen LogP) is 3.05. The Morgan fingerprint density at radius 1 is 0.979 bits per heavy atom. The molecule has 47 heavy (non-hydrogen) atoms. The number of pyridine rings is 1. The van der Waals surface area contributed by atoms with Gasteiger partial charge in [-0.15, -0.1) is 0 Å².